The van der Waals surface area contributed by atoms with E-state index in [-0.39, 0.29) is 5.91 Å². The number of nitrogens with one attached hydrogen (secondary N) is 1. The number of hydrogen-bond donors (Lipinski definition) is 1. The summed E-state index contributed by atoms with van der Waals surface area (Å²) in [5, 5.41) is 2.88. The summed E-state index contributed by atoms with van der Waals surface area (Å²) in [6.45, 7) is 6.36. The molecule has 0 saturated carbocycles. The highest BCUT2D eigenvalue weighted by Gasteiger charge is 2.15. The molecule has 1 aliphatic rings. The highest BCUT2D eigenvalue weighted by molar-refractivity contribution is 5.76. The molecule has 0 aliphatic carbocycles. The van der Waals surface area contributed by atoms with Crippen molar-refractivity contribution in [2.45, 2.75) is 12.8 Å². The molecule has 1 amide bonds. The molecule has 20 heavy (non-hydrogen) atoms. The van der Waals surface area contributed by atoms with E-state index in [1.807, 2.05) is 6.08 Å². The third-order valence-electron chi connectivity index (χ3n) is 3.29. The lowest BCUT2D eigenvalue weighted by atomic mass is 10.3. The minimum atomic E-state index is 0.0283. The van der Waals surface area contributed by atoms with Gasteiger partial charge in [0.05, 0.1) is 0 Å². The van der Waals surface area contributed by atoms with E-state index in [1.54, 1.807) is 0 Å². The predicted molar refractivity (Wildman–Crippen MR) is 79.2 cm³/mol. The Hall–Kier alpha value is -1.64. The van der Waals surface area contributed by atoms with Gasteiger partial charge in [-0.1, -0.05) is 6.08 Å². The van der Waals surface area contributed by atoms with Crippen LogP contribution in [0.5, 0.6) is 0 Å². The van der Waals surface area contributed by atoms with Gasteiger partial charge < -0.3 is 5.32 Å². The van der Waals surface area contributed by atoms with Gasteiger partial charge in [-0.05, 0) is 6.08 Å². The molecule has 0 aromatic carbocycles. The minimum absolute atomic E-state index is 0.0283. The molecule has 0 bridgehead atoms. The van der Waals surface area contributed by atoms with Gasteiger partial charge in [-0.3, -0.25) is 19.4 Å². The molecule has 0 aromatic rings. The number of allylic oxidation sites excluding steroid dienone is 1. The van der Waals surface area contributed by atoms with Crippen LogP contribution in [0.15, 0.2) is 12.2 Å². The number of piperazine rings is 1. The summed E-state index contributed by atoms with van der Waals surface area (Å²) in [4.78, 5) is 26.2. The summed E-state index contributed by atoms with van der Waals surface area (Å²) in [6, 6.07) is 0. The van der Waals surface area contributed by atoms with Gasteiger partial charge in [-0.2, -0.15) is 0 Å². The van der Waals surface area contributed by atoms with Crippen LogP contribution in [0.25, 0.3) is 0 Å². The Morgan fingerprint density at radius 1 is 1.25 bits per heavy atom. The molecule has 1 rings (SSSR count). The van der Waals surface area contributed by atoms with E-state index < -0.39 is 0 Å². The highest BCUT2D eigenvalue weighted by atomic mass is 16.1. The van der Waals surface area contributed by atoms with Crippen molar-refractivity contribution in [2.24, 2.45) is 0 Å². The molecule has 0 radical (unpaired) electrons. The highest BCUT2D eigenvalue weighted by Crippen LogP contribution is 2.00. The molecule has 1 N–H and O–H groups in total. The Kier molecular flexibility index (Phi) is 8.36. The number of terminal acetylenes is 1. The van der Waals surface area contributed by atoms with Gasteiger partial charge in [-0.15, -0.1) is 12.3 Å². The van der Waals surface area contributed by atoms with Crippen molar-refractivity contribution in [2.75, 3.05) is 45.8 Å². The smallest absolute Gasteiger partial charge is 0.220 e. The second-order valence-electron chi connectivity index (χ2n) is 4.76. The Morgan fingerprint density at radius 2 is 1.95 bits per heavy atom. The van der Waals surface area contributed by atoms with Gasteiger partial charge >= 0.3 is 0 Å². The molecule has 0 aromatic heterocycles. The molecule has 0 spiro atoms. The van der Waals surface area contributed by atoms with Crippen LogP contribution < -0.4 is 5.32 Å². The van der Waals surface area contributed by atoms with Crippen molar-refractivity contribution >= 4 is 12.2 Å². The first-order valence-electron chi connectivity index (χ1n) is 7.01. The normalized spacial score (nSPS) is 16.9. The van der Waals surface area contributed by atoms with Gasteiger partial charge in [0.25, 0.3) is 0 Å². The molecule has 1 saturated heterocycles. The van der Waals surface area contributed by atoms with Gasteiger partial charge in [-0.25, -0.2) is 0 Å². The predicted octanol–water partition coefficient (Wildman–Crippen LogP) is -0.111. The monoisotopic (exact) mass is 277 g/mol. The standard InChI is InChI=1S/C15H23N3O2/c1-2-3-6-15(20)16-7-9-18-12-10-17(11-13-18)8-4-5-14-19/h1,4-5,14H,3,6-13H2,(H,16,20)/b5-4+. The van der Waals surface area contributed by atoms with Gasteiger partial charge in [0.15, 0.2) is 0 Å². The summed E-state index contributed by atoms with van der Waals surface area (Å²) in [5.41, 5.74) is 0. The lowest BCUT2D eigenvalue weighted by Crippen LogP contribution is -2.48. The second-order valence-corrected chi connectivity index (χ2v) is 4.76. The maximum atomic E-state index is 11.4. The quantitative estimate of drug-likeness (QED) is 0.382. The molecule has 5 nitrogen and oxygen atoms in total. The largest absolute Gasteiger partial charge is 0.355 e. The van der Waals surface area contributed by atoms with Crippen LogP contribution in [0, 0.1) is 12.3 Å². The summed E-state index contributed by atoms with van der Waals surface area (Å²) in [5.74, 6) is 2.49. The fourth-order valence-electron chi connectivity index (χ4n) is 2.09. The third kappa shape index (κ3) is 7.07. The fourth-order valence-corrected chi connectivity index (χ4v) is 2.09. The van der Waals surface area contributed by atoms with Crippen LogP contribution in [0.1, 0.15) is 12.8 Å². The van der Waals surface area contributed by atoms with Crippen molar-refractivity contribution in [3.8, 4) is 12.3 Å². The summed E-state index contributed by atoms with van der Waals surface area (Å²) in [6.07, 6.45) is 10.2. The zero-order valence-corrected chi connectivity index (χ0v) is 11.9. The van der Waals surface area contributed by atoms with E-state index in [0.717, 1.165) is 45.6 Å². The first kappa shape index (κ1) is 16.4. The molecule has 1 fully saturated rings. The van der Waals surface area contributed by atoms with E-state index in [4.69, 9.17) is 6.42 Å². The van der Waals surface area contributed by atoms with E-state index in [1.165, 1.54) is 6.08 Å². The lowest BCUT2D eigenvalue weighted by molar-refractivity contribution is -0.121. The Morgan fingerprint density at radius 3 is 2.60 bits per heavy atom. The summed E-state index contributed by atoms with van der Waals surface area (Å²) < 4.78 is 0. The van der Waals surface area contributed by atoms with Crippen LogP contribution >= 0.6 is 0 Å². The number of hydrogen-bond acceptors (Lipinski definition) is 4. The number of amides is 1. The van der Waals surface area contributed by atoms with Crippen molar-refractivity contribution < 1.29 is 9.59 Å². The maximum Gasteiger partial charge on any atom is 0.220 e. The number of carbonyl (C=O) groups excluding carboxylic acids is 2. The van der Waals surface area contributed by atoms with Gasteiger partial charge in [0.2, 0.25) is 5.91 Å². The van der Waals surface area contributed by atoms with E-state index in [9.17, 15) is 9.59 Å². The molecule has 1 heterocycles. The van der Waals surface area contributed by atoms with Crippen molar-refractivity contribution in [3.05, 3.63) is 12.2 Å². The molecule has 1 aliphatic heterocycles. The molecule has 5 heteroatoms. The molecular weight excluding hydrogens is 254 g/mol. The van der Waals surface area contributed by atoms with E-state index in [2.05, 4.69) is 21.0 Å². The average molecular weight is 277 g/mol. The maximum absolute atomic E-state index is 11.4. The SMILES string of the molecule is C#CCCC(=O)NCCN1CCN(C/C=C/C=O)CC1. The zero-order chi connectivity index (χ0) is 14.6. The van der Waals surface area contributed by atoms with Crippen LogP contribution in [0.4, 0.5) is 0 Å². The number of carbonyl (C=O) groups is 2. The van der Waals surface area contributed by atoms with Gasteiger partial charge in [0, 0.05) is 58.7 Å². The number of nitrogens with zero attached hydrogens (tertiary/aromatic N) is 2. The Bertz CT molecular complexity index is 366. The molecular formula is C15H23N3O2. The summed E-state index contributed by atoms with van der Waals surface area (Å²) >= 11 is 0. The molecule has 0 unspecified atom stereocenters. The first-order valence-corrected chi connectivity index (χ1v) is 7.01. The lowest BCUT2D eigenvalue weighted by Gasteiger charge is -2.34. The van der Waals surface area contributed by atoms with Crippen LogP contribution in [0.3, 0.4) is 0 Å². The number of aldehydes is 1. The summed E-state index contributed by atoms with van der Waals surface area (Å²) in [7, 11) is 0. The van der Waals surface area contributed by atoms with Crippen LogP contribution in [-0.4, -0.2) is 67.8 Å². The van der Waals surface area contributed by atoms with Crippen LogP contribution in [-0.2, 0) is 9.59 Å². The first-order chi connectivity index (χ1) is 9.76. The second kappa shape index (κ2) is 10.2. The molecule has 110 valence electrons. The van der Waals surface area contributed by atoms with Crippen LogP contribution in [0.2, 0.25) is 0 Å². The van der Waals surface area contributed by atoms with Gasteiger partial charge in [0.1, 0.15) is 6.29 Å². The minimum Gasteiger partial charge on any atom is -0.355 e. The zero-order valence-electron chi connectivity index (χ0n) is 11.9. The van der Waals surface area contributed by atoms with E-state index >= 15 is 0 Å². The Balaban J connectivity index is 2.07. The fraction of sp³-hybridized carbons (Fsp3) is 0.600. The van der Waals surface area contributed by atoms with E-state index in [0.29, 0.717) is 19.4 Å². The molecule has 0 atom stereocenters. The topological polar surface area (TPSA) is 52.7 Å². The Labute approximate surface area is 121 Å². The van der Waals surface area contributed by atoms with Crippen molar-refractivity contribution in [3.63, 3.8) is 0 Å². The average Bonchev–Trinajstić information content (AvgIpc) is 2.47. The van der Waals surface area contributed by atoms with Crippen molar-refractivity contribution in [1.29, 1.82) is 0 Å². The van der Waals surface area contributed by atoms with Crippen molar-refractivity contribution in [1.82, 2.24) is 15.1 Å². The third-order valence-corrected chi connectivity index (χ3v) is 3.29. The number of rotatable bonds is 8.